The number of nitrogens with one attached hydrogen (secondary N) is 1. The Hall–Kier alpha value is -1.44. The van der Waals surface area contributed by atoms with Crippen molar-refractivity contribution in [2.45, 2.75) is 32.4 Å². The first-order chi connectivity index (χ1) is 10.2. The van der Waals surface area contributed by atoms with E-state index in [4.69, 9.17) is 9.84 Å². The minimum atomic E-state index is -3.79. The van der Waals surface area contributed by atoms with Crippen molar-refractivity contribution in [1.82, 2.24) is 4.72 Å². The summed E-state index contributed by atoms with van der Waals surface area (Å²) < 4.78 is 31.9. The summed E-state index contributed by atoms with van der Waals surface area (Å²) in [6.07, 6.45) is -0.412. The van der Waals surface area contributed by atoms with E-state index in [1.807, 2.05) is 19.9 Å². The predicted octanol–water partition coefficient (Wildman–Crippen LogP) is 1.79. The molecule has 0 aliphatic carbocycles. The molecular formula is C15H23NO5S. The number of hydrogen-bond acceptors (Lipinski definition) is 4. The van der Waals surface area contributed by atoms with Crippen LogP contribution in [0.1, 0.15) is 31.9 Å². The summed E-state index contributed by atoms with van der Waals surface area (Å²) in [5.41, 5.74) is 0.728. The molecule has 0 aliphatic heterocycles. The van der Waals surface area contributed by atoms with Crippen LogP contribution in [0.4, 0.5) is 0 Å². The molecule has 0 heterocycles. The fourth-order valence-electron chi connectivity index (χ4n) is 2.10. The standard InChI is InChI=1S/C15H23NO5S/c1-11(2)9-13(15(17)18)16-22(19,20)10-14(21-3)12-7-5-4-6-8-12/h4-8,11,13-14,16H,9-10H2,1-3H3,(H,17,18). The van der Waals surface area contributed by atoms with Crippen LogP contribution in [0.15, 0.2) is 30.3 Å². The van der Waals surface area contributed by atoms with Crippen LogP contribution in [0.5, 0.6) is 0 Å². The van der Waals surface area contributed by atoms with Crippen LogP contribution in [0, 0.1) is 5.92 Å². The molecule has 0 aromatic heterocycles. The van der Waals surface area contributed by atoms with Crippen LogP contribution in [-0.2, 0) is 19.6 Å². The molecule has 0 aliphatic rings. The molecule has 1 aromatic rings. The summed E-state index contributed by atoms with van der Waals surface area (Å²) in [6.45, 7) is 3.68. The van der Waals surface area contributed by atoms with Gasteiger partial charge in [0.15, 0.2) is 0 Å². The average molecular weight is 329 g/mol. The van der Waals surface area contributed by atoms with Crippen molar-refractivity contribution < 1.29 is 23.1 Å². The number of rotatable bonds is 9. The summed E-state index contributed by atoms with van der Waals surface area (Å²) in [7, 11) is -2.36. The van der Waals surface area contributed by atoms with Gasteiger partial charge in [0, 0.05) is 7.11 Å². The number of ether oxygens (including phenoxy) is 1. The largest absolute Gasteiger partial charge is 0.480 e. The molecule has 0 spiro atoms. The molecule has 0 saturated heterocycles. The lowest BCUT2D eigenvalue weighted by atomic mass is 10.1. The zero-order chi connectivity index (χ0) is 16.8. The lowest BCUT2D eigenvalue weighted by Gasteiger charge is -2.20. The second kappa shape index (κ2) is 8.26. The number of sulfonamides is 1. The highest BCUT2D eigenvalue weighted by Gasteiger charge is 2.27. The van der Waals surface area contributed by atoms with Crippen molar-refractivity contribution in [3.63, 3.8) is 0 Å². The zero-order valence-electron chi connectivity index (χ0n) is 13.0. The SMILES string of the molecule is COC(CS(=O)(=O)NC(CC(C)C)C(=O)O)c1ccccc1. The molecule has 6 nitrogen and oxygen atoms in total. The third-order valence-electron chi connectivity index (χ3n) is 3.15. The Morgan fingerprint density at radius 2 is 1.86 bits per heavy atom. The highest BCUT2D eigenvalue weighted by Crippen LogP contribution is 2.18. The number of carbonyl (C=O) groups is 1. The van der Waals surface area contributed by atoms with Crippen LogP contribution in [0.2, 0.25) is 0 Å². The van der Waals surface area contributed by atoms with Gasteiger partial charge in [-0.1, -0.05) is 44.2 Å². The molecule has 0 saturated carbocycles. The van der Waals surface area contributed by atoms with Crippen LogP contribution < -0.4 is 4.72 Å². The summed E-state index contributed by atoms with van der Waals surface area (Å²) >= 11 is 0. The Balaban J connectivity index is 2.82. The fraction of sp³-hybridized carbons (Fsp3) is 0.533. The second-order valence-electron chi connectivity index (χ2n) is 5.55. The summed E-state index contributed by atoms with van der Waals surface area (Å²) in [5.74, 6) is -1.43. The molecular weight excluding hydrogens is 306 g/mol. The van der Waals surface area contributed by atoms with Gasteiger partial charge in [0.25, 0.3) is 0 Å². The van der Waals surface area contributed by atoms with Crippen LogP contribution in [-0.4, -0.2) is 38.4 Å². The van der Waals surface area contributed by atoms with Crippen molar-refractivity contribution in [1.29, 1.82) is 0 Å². The summed E-state index contributed by atoms with van der Waals surface area (Å²) in [4.78, 5) is 11.2. The molecule has 1 rings (SSSR count). The third-order valence-corrected chi connectivity index (χ3v) is 4.54. The monoisotopic (exact) mass is 329 g/mol. The number of hydrogen-bond donors (Lipinski definition) is 2. The first-order valence-corrected chi connectivity index (χ1v) is 8.71. The van der Waals surface area contributed by atoms with Gasteiger partial charge in [-0.3, -0.25) is 4.79 Å². The smallest absolute Gasteiger partial charge is 0.321 e. The Bertz CT molecular complexity index is 571. The Kier molecular flexibility index (Phi) is 6.99. The maximum atomic E-state index is 12.2. The Morgan fingerprint density at radius 1 is 1.27 bits per heavy atom. The van der Waals surface area contributed by atoms with E-state index in [1.165, 1.54) is 7.11 Å². The lowest BCUT2D eigenvalue weighted by Crippen LogP contribution is -2.43. The molecule has 22 heavy (non-hydrogen) atoms. The molecule has 0 amide bonds. The van der Waals surface area contributed by atoms with E-state index in [-0.39, 0.29) is 18.1 Å². The van der Waals surface area contributed by atoms with Crippen molar-refractivity contribution in [3.05, 3.63) is 35.9 Å². The first-order valence-electron chi connectivity index (χ1n) is 7.05. The molecule has 2 unspecified atom stereocenters. The van der Waals surface area contributed by atoms with Gasteiger partial charge in [-0.15, -0.1) is 0 Å². The Morgan fingerprint density at radius 3 is 2.32 bits per heavy atom. The third kappa shape index (κ3) is 6.13. The molecule has 2 N–H and O–H groups in total. The molecule has 0 radical (unpaired) electrons. The maximum Gasteiger partial charge on any atom is 0.321 e. The molecule has 7 heteroatoms. The molecule has 2 atom stereocenters. The van der Waals surface area contributed by atoms with Gasteiger partial charge in [0.05, 0.1) is 11.9 Å². The topological polar surface area (TPSA) is 92.7 Å². The average Bonchev–Trinajstić information content (AvgIpc) is 2.44. The highest BCUT2D eigenvalue weighted by atomic mass is 32.2. The maximum absolute atomic E-state index is 12.2. The number of benzene rings is 1. The van der Waals surface area contributed by atoms with Crippen LogP contribution in [0.25, 0.3) is 0 Å². The van der Waals surface area contributed by atoms with Crippen molar-refractivity contribution in [3.8, 4) is 0 Å². The van der Waals surface area contributed by atoms with E-state index in [0.717, 1.165) is 5.56 Å². The minimum absolute atomic E-state index is 0.0659. The quantitative estimate of drug-likeness (QED) is 0.720. The first kappa shape index (κ1) is 18.6. The lowest BCUT2D eigenvalue weighted by molar-refractivity contribution is -0.139. The van der Waals surface area contributed by atoms with E-state index >= 15 is 0 Å². The van der Waals surface area contributed by atoms with Crippen LogP contribution >= 0.6 is 0 Å². The molecule has 124 valence electrons. The van der Waals surface area contributed by atoms with Gasteiger partial charge in [-0.05, 0) is 17.9 Å². The van der Waals surface area contributed by atoms with E-state index in [9.17, 15) is 13.2 Å². The predicted molar refractivity (Wildman–Crippen MR) is 84.0 cm³/mol. The fourth-order valence-corrected chi connectivity index (χ4v) is 3.56. The highest BCUT2D eigenvalue weighted by molar-refractivity contribution is 7.89. The van der Waals surface area contributed by atoms with Gasteiger partial charge in [-0.25, -0.2) is 13.1 Å². The molecule has 0 fully saturated rings. The summed E-state index contributed by atoms with van der Waals surface area (Å²) in [5, 5.41) is 9.14. The number of methoxy groups -OCH3 is 1. The number of aliphatic carboxylic acids is 1. The van der Waals surface area contributed by atoms with Gasteiger partial charge in [0.2, 0.25) is 10.0 Å². The minimum Gasteiger partial charge on any atom is -0.480 e. The van der Waals surface area contributed by atoms with Crippen molar-refractivity contribution in [2.24, 2.45) is 5.92 Å². The van der Waals surface area contributed by atoms with E-state index in [0.29, 0.717) is 0 Å². The van der Waals surface area contributed by atoms with E-state index in [2.05, 4.69) is 4.72 Å². The van der Waals surface area contributed by atoms with Crippen molar-refractivity contribution in [2.75, 3.05) is 12.9 Å². The number of carboxylic acid groups (broad SMARTS) is 1. The normalized spacial score (nSPS) is 14.7. The van der Waals surface area contributed by atoms with Gasteiger partial charge >= 0.3 is 5.97 Å². The Labute approximate surface area is 131 Å². The molecule has 1 aromatic carbocycles. The van der Waals surface area contributed by atoms with Gasteiger partial charge < -0.3 is 9.84 Å². The number of carboxylic acids is 1. The van der Waals surface area contributed by atoms with E-state index in [1.54, 1.807) is 24.3 Å². The van der Waals surface area contributed by atoms with Crippen LogP contribution in [0.3, 0.4) is 0 Å². The van der Waals surface area contributed by atoms with Gasteiger partial charge in [-0.2, -0.15) is 0 Å². The molecule has 0 bridgehead atoms. The zero-order valence-corrected chi connectivity index (χ0v) is 13.8. The van der Waals surface area contributed by atoms with E-state index < -0.39 is 28.1 Å². The van der Waals surface area contributed by atoms with Crippen molar-refractivity contribution >= 4 is 16.0 Å². The van der Waals surface area contributed by atoms with Gasteiger partial charge in [0.1, 0.15) is 6.04 Å². The second-order valence-corrected chi connectivity index (χ2v) is 7.35. The summed E-state index contributed by atoms with van der Waals surface area (Å²) in [6, 6.07) is 7.82.